The third kappa shape index (κ3) is 4.59. The van der Waals surface area contributed by atoms with E-state index in [-0.39, 0.29) is 12.1 Å². The SMILES string of the molecule is CN1CCN(CCNC(=O)NC2COc3ccccc3C2)CC1. The van der Waals surface area contributed by atoms with Gasteiger partial charge in [0, 0.05) is 39.3 Å². The molecule has 126 valence electrons. The van der Waals surface area contributed by atoms with Gasteiger partial charge in [-0.2, -0.15) is 0 Å². The van der Waals surface area contributed by atoms with Crippen molar-refractivity contribution in [3.05, 3.63) is 29.8 Å². The minimum atomic E-state index is -0.105. The molecule has 1 fully saturated rings. The lowest BCUT2D eigenvalue weighted by Gasteiger charge is -2.32. The highest BCUT2D eigenvalue weighted by molar-refractivity contribution is 5.74. The zero-order valence-corrected chi connectivity index (χ0v) is 13.8. The van der Waals surface area contributed by atoms with Crippen LogP contribution in [0.1, 0.15) is 5.56 Å². The van der Waals surface area contributed by atoms with E-state index < -0.39 is 0 Å². The molecule has 0 saturated carbocycles. The van der Waals surface area contributed by atoms with Gasteiger partial charge in [0.1, 0.15) is 12.4 Å². The van der Waals surface area contributed by atoms with Crippen LogP contribution in [0, 0.1) is 0 Å². The van der Waals surface area contributed by atoms with E-state index in [9.17, 15) is 4.79 Å². The van der Waals surface area contributed by atoms with Crippen molar-refractivity contribution in [3.8, 4) is 5.75 Å². The Morgan fingerprint density at radius 3 is 2.87 bits per heavy atom. The summed E-state index contributed by atoms with van der Waals surface area (Å²) in [6, 6.07) is 7.93. The molecule has 0 aliphatic carbocycles. The molecule has 6 heteroatoms. The largest absolute Gasteiger partial charge is 0.491 e. The van der Waals surface area contributed by atoms with Gasteiger partial charge in [-0.05, 0) is 25.1 Å². The quantitative estimate of drug-likeness (QED) is 0.851. The molecule has 1 aromatic carbocycles. The van der Waals surface area contributed by atoms with Crippen LogP contribution in [0.3, 0.4) is 0 Å². The lowest BCUT2D eigenvalue weighted by molar-refractivity contribution is 0.154. The van der Waals surface area contributed by atoms with E-state index in [0.29, 0.717) is 13.2 Å². The van der Waals surface area contributed by atoms with Crippen molar-refractivity contribution in [1.29, 1.82) is 0 Å². The van der Waals surface area contributed by atoms with E-state index in [4.69, 9.17) is 4.74 Å². The summed E-state index contributed by atoms with van der Waals surface area (Å²) < 4.78 is 5.69. The summed E-state index contributed by atoms with van der Waals surface area (Å²) in [7, 11) is 2.15. The number of para-hydroxylation sites is 1. The second-order valence-electron chi connectivity index (χ2n) is 6.36. The van der Waals surface area contributed by atoms with Crippen molar-refractivity contribution in [1.82, 2.24) is 20.4 Å². The minimum absolute atomic E-state index is 0.0357. The standard InChI is InChI=1S/C17H26N4O2/c1-20-8-10-21(11-9-20)7-6-18-17(22)19-15-12-14-4-2-3-5-16(14)23-13-15/h2-5,15H,6-13H2,1H3,(H2,18,19,22). The summed E-state index contributed by atoms with van der Waals surface area (Å²) in [5, 5.41) is 5.95. The second kappa shape index (κ2) is 7.66. The predicted octanol–water partition coefficient (Wildman–Crippen LogP) is 0.537. The number of ether oxygens (including phenoxy) is 1. The molecule has 0 aromatic heterocycles. The normalized spacial score (nSPS) is 22.0. The van der Waals surface area contributed by atoms with Gasteiger partial charge in [-0.1, -0.05) is 18.2 Å². The number of carbonyl (C=O) groups excluding carboxylic acids is 1. The van der Waals surface area contributed by atoms with Gasteiger partial charge in [0.25, 0.3) is 0 Å². The number of likely N-dealkylation sites (N-methyl/N-ethyl adjacent to an activating group) is 1. The maximum atomic E-state index is 12.0. The first kappa shape index (κ1) is 16.1. The van der Waals surface area contributed by atoms with Crippen LogP contribution >= 0.6 is 0 Å². The highest BCUT2D eigenvalue weighted by Gasteiger charge is 2.21. The van der Waals surface area contributed by atoms with Crippen molar-refractivity contribution in [2.24, 2.45) is 0 Å². The van der Waals surface area contributed by atoms with Crippen molar-refractivity contribution >= 4 is 6.03 Å². The van der Waals surface area contributed by atoms with E-state index in [2.05, 4.69) is 33.5 Å². The topological polar surface area (TPSA) is 56.8 Å². The fraction of sp³-hybridized carbons (Fsp3) is 0.588. The number of piperazine rings is 1. The highest BCUT2D eigenvalue weighted by atomic mass is 16.5. The summed E-state index contributed by atoms with van der Waals surface area (Å²) in [4.78, 5) is 16.7. The third-order valence-electron chi connectivity index (χ3n) is 4.52. The second-order valence-corrected chi connectivity index (χ2v) is 6.36. The van der Waals surface area contributed by atoms with E-state index in [1.807, 2.05) is 18.2 Å². The highest BCUT2D eigenvalue weighted by Crippen LogP contribution is 2.23. The Morgan fingerprint density at radius 1 is 1.26 bits per heavy atom. The van der Waals surface area contributed by atoms with Crippen LogP contribution in [0.15, 0.2) is 24.3 Å². The van der Waals surface area contributed by atoms with Crippen LogP contribution in [0.4, 0.5) is 4.79 Å². The molecule has 2 amide bonds. The van der Waals surface area contributed by atoms with E-state index in [0.717, 1.165) is 50.5 Å². The fourth-order valence-electron chi connectivity index (χ4n) is 3.06. The molecular formula is C17H26N4O2. The average Bonchev–Trinajstić information content (AvgIpc) is 2.56. The van der Waals surface area contributed by atoms with Gasteiger partial charge in [-0.3, -0.25) is 4.90 Å². The monoisotopic (exact) mass is 318 g/mol. The molecule has 1 saturated heterocycles. The van der Waals surface area contributed by atoms with Crippen LogP contribution in [0.5, 0.6) is 5.75 Å². The number of carbonyl (C=O) groups is 1. The van der Waals surface area contributed by atoms with Crippen LogP contribution in [-0.4, -0.2) is 74.8 Å². The number of fused-ring (bicyclic) bond motifs is 1. The lowest BCUT2D eigenvalue weighted by Crippen LogP contribution is -2.50. The first-order valence-electron chi connectivity index (χ1n) is 8.36. The van der Waals surface area contributed by atoms with Gasteiger partial charge >= 0.3 is 6.03 Å². The number of rotatable bonds is 4. The fourth-order valence-corrected chi connectivity index (χ4v) is 3.06. The average molecular weight is 318 g/mol. The number of hydrogen-bond donors (Lipinski definition) is 2. The molecule has 1 unspecified atom stereocenters. The molecule has 1 atom stereocenters. The zero-order valence-electron chi connectivity index (χ0n) is 13.8. The minimum Gasteiger partial charge on any atom is -0.491 e. The Balaban J connectivity index is 1.35. The van der Waals surface area contributed by atoms with Gasteiger partial charge in [-0.25, -0.2) is 4.79 Å². The van der Waals surface area contributed by atoms with Gasteiger partial charge in [-0.15, -0.1) is 0 Å². The zero-order chi connectivity index (χ0) is 16.1. The van der Waals surface area contributed by atoms with Crippen LogP contribution < -0.4 is 15.4 Å². The van der Waals surface area contributed by atoms with Crippen molar-refractivity contribution in [2.45, 2.75) is 12.5 Å². The molecule has 6 nitrogen and oxygen atoms in total. The molecule has 2 aliphatic rings. The molecule has 2 heterocycles. The maximum Gasteiger partial charge on any atom is 0.315 e. The first-order valence-corrected chi connectivity index (χ1v) is 8.36. The Hall–Kier alpha value is -1.79. The number of hydrogen-bond acceptors (Lipinski definition) is 4. The van der Waals surface area contributed by atoms with E-state index in [1.165, 1.54) is 0 Å². The molecule has 2 N–H and O–H groups in total. The van der Waals surface area contributed by atoms with Crippen LogP contribution in [0.2, 0.25) is 0 Å². The van der Waals surface area contributed by atoms with Gasteiger partial charge < -0.3 is 20.3 Å². The maximum absolute atomic E-state index is 12.0. The summed E-state index contributed by atoms with van der Waals surface area (Å²) in [6.07, 6.45) is 0.821. The molecule has 2 aliphatic heterocycles. The van der Waals surface area contributed by atoms with Gasteiger partial charge in [0.15, 0.2) is 0 Å². The van der Waals surface area contributed by atoms with Crippen molar-refractivity contribution in [2.75, 3.05) is 52.9 Å². The molecule has 0 spiro atoms. The molecule has 1 aromatic rings. The van der Waals surface area contributed by atoms with Gasteiger partial charge in [0.2, 0.25) is 0 Å². The summed E-state index contributed by atoms with van der Waals surface area (Å²) >= 11 is 0. The molecule has 3 rings (SSSR count). The summed E-state index contributed by atoms with van der Waals surface area (Å²) in [6.45, 7) is 6.48. The van der Waals surface area contributed by atoms with Crippen molar-refractivity contribution in [3.63, 3.8) is 0 Å². The van der Waals surface area contributed by atoms with Crippen LogP contribution in [0.25, 0.3) is 0 Å². The Morgan fingerprint density at radius 2 is 2.04 bits per heavy atom. The number of nitrogens with one attached hydrogen (secondary N) is 2. The Bertz CT molecular complexity index is 529. The lowest BCUT2D eigenvalue weighted by atomic mass is 10.0. The Labute approximate surface area is 137 Å². The summed E-state index contributed by atoms with van der Waals surface area (Å²) in [5.74, 6) is 0.932. The molecular weight excluding hydrogens is 292 g/mol. The number of benzene rings is 1. The number of nitrogens with zero attached hydrogens (tertiary/aromatic N) is 2. The van der Waals surface area contributed by atoms with E-state index in [1.54, 1.807) is 0 Å². The van der Waals surface area contributed by atoms with Crippen molar-refractivity contribution < 1.29 is 9.53 Å². The Kier molecular flexibility index (Phi) is 5.35. The summed E-state index contributed by atoms with van der Waals surface area (Å²) in [5.41, 5.74) is 1.15. The first-order chi connectivity index (χ1) is 11.2. The molecule has 23 heavy (non-hydrogen) atoms. The third-order valence-corrected chi connectivity index (χ3v) is 4.52. The van der Waals surface area contributed by atoms with Gasteiger partial charge in [0.05, 0.1) is 6.04 Å². The molecule has 0 radical (unpaired) electrons. The predicted molar refractivity (Wildman–Crippen MR) is 89.9 cm³/mol. The number of urea groups is 1. The van der Waals surface area contributed by atoms with E-state index >= 15 is 0 Å². The smallest absolute Gasteiger partial charge is 0.315 e. The number of amides is 2. The van der Waals surface area contributed by atoms with Crippen LogP contribution in [-0.2, 0) is 6.42 Å². The molecule has 0 bridgehead atoms.